The second kappa shape index (κ2) is 10.3. The molecular formula is C25H32N6O5S. The second-order valence-corrected chi connectivity index (χ2v) is 11.5. The molecule has 1 saturated carbocycles. The van der Waals surface area contributed by atoms with Gasteiger partial charge in [0.15, 0.2) is 5.65 Å². The minimum absolute atomic E-state index is 0.0225. The molecule has 0 spiro atoms. The van der Waals surface area contributed by atoms with Crippen LogP contribution in [0.15, 0.2) is 24.4 Å². The molecule has 0 radical (unpaired) electrons. The Morgan fingerprint density at radius 2 is 1.92 bits per heavy atom. The van der Waals surface area contributed by atoms with Crippen molar-refractivity contribution in [2.75, 3.05) is 45.1 Å². The fourth-order valence-electron chi connectivity index (χ4n) is 5.08. The van der Waals surface area contributed by atoms with E-state index < -0.39 is 15.9 Å². The first-order chi connectivity index (χ1) is 17.8. The van der Waals surface area contributed by atoms with E-state index in [9.17, 15) is 13.2 Å². The zero-order chi connectivity index (χ0) is 26.2. The first-order valence-corrected chi connectivity index (χ1v) is 14.4. The minimum atomic E-state index is -3.76. The molecule has 0 bridgehead atoms. The molecule has 12 heteroatoms. The van der Waals surface area contributed by atoms with E-state index in [0.29, 0.717) is 29.1 Å². The standard InChI is InChI=1S/C25H32N6O5S/c1-35-15-16-8-11-30(12-9-16)20-14-19(25(32)29-37(3,33)34)27-24-22(20)23(17-5-4-6-17)28-31(24)18-7-10-26-21(13-18)36-2/h7,10,13-14,16-17H,4-6,8-9,11-12,15H2,1-3H3,(H,29,32). The van der Waals surface area contributed by atoms with E-state index in [0.717, 1.165) is 74.8 Å². The Morgan fingerprint density at radius 3 is 2.54 bits per heavy atom. The third-order valence-electron chi connectivity index (χ3n) is 7.18. The second-order valence-electron chi connectivity index (χ2n) is 9.80. The lowest BCUT2D eigenvalue weighted by Gasteiger charge is -2.34. The molecule has 3 aromatic rings. The number of nitrogens with zero attached hydrogens (tertiary/aromatic N) is 5. The van der Waals surface area contributed by atoms with Gasteiger partial charge in [-0.3, -0.25) is 4.79 Å². The topological polar surface area (TPSA) is 129 Å². The van der Waals surface area contributed by atoms with Gasteiger partial charge < -0.3 is 14.4 Å². The number of fused-ring (bicyclic) bond motifs is 1. The summed E-state index contributed by atoms with van der Waals surface area (Å²) >= 11 is 0. The summed E-state index contributed by atoms with van der Waals surface area (Å²) in [5, 5.41) is 5.91. The number of hydrogen-bond acceptors (Lipinski definition) is 9. The van der Waals surface area contributed by atoms with Gasteiger partial charge in [-0.15, -0.1) is 0 Å². The van der Waals surface area contributed by atoms with Crippen LogP contribution >= 0.6 is 0 Å². The van der Waals surface area contributed by atoms with Gasteiger partial charge >= 0.3 is 0 Å². The highest BCUT2D eigenvalue weighted by Gasteiger charge is 2.32. The fraction of sp³-hybridized carbons (Fsp3) is 0.520. The lowest BCUT2D eigenvalue weighted by molar-refractivity contribution is 0.0977. The summed E-state index contributed by atoms with van der Waals surface area (Å²) in [5.41, 5.74) is 3.03. The van der Waals surface area contributed by atoms with Gasteiger partial charge in [-0.1, -0.05) is 6.42 Å². The van der Waals surface area contributed by atoms with E-state index in [1.54, 1.807) is 43.3 Å². The lowest BCUT2D eigenvalue weighted by Crippen LogP contribution is -2.36. The summed E-state index contributed by atoms with van der Waals surface area (Å²) in [6.07, 6.45) is 7.71. The van der Waals surface area contributed by atoms with Crippen LogP contribution in [0.4, 0.5) is 5.69 Å². The van der Waals surface area contributed by atoms with E-state index in [-0.39, 0.29) is 5.69 Å². The molecule has 0 atom stereocenters. The molecule has 2 fully saturated rings. The van der Waals surface area contributed by atoms with Gasteiger partial charge in [0.2, 0.25) is 15.9 Å². The van der Waals surface area contributed by atoms with E-state index >= 15 is 0 Å². The van der Waals surface area contributed by atoms with Crippen LogP contribution in [0, 0.1) is 5.92 Å². The molecule has 1 amide bonds. The van der Waals surface area contributed by atoms with Crippen molar-refractivity contribution in [3.8, 4) is 11.6 Å². The van der Waals surface area contributed by atoms with Crippen LogP contribution in [-0.2, 0) is 14.8 Å². The quantitative estimate of drug-likeness (QED) is 0.469. The lowest BCUT2D eigenvalue weighted by atomic mass is 9.82. The minimum Gasteiger partial charge on any atom is -0.481 e. The highest BCUT2D eigenvalue weighted by Crippen LogP contribution is 2.43. The number of anilines is 1. The molecule has 0 aromatic carbocycles. The maximum atomic E-state index is 13.0. The van der Waals surface area contributed by atoms with Crippen molar-refractivity contribution < 1.29 is 22.7 Å². The number of sulfonamides is 1. The van der Waals surface area contributed by atoms with Gasteiger partial charge in [0, 0.05) is 45.0 Å². The number of piperidine rings is 1. The summed E-state index contributed by atoms with van der Waals surface area (Å²) < 4.78 is 38.1. The SMILES string of the molecule is COCC1CCN(c2cc(C(=O)NS(C)(=O)=O)nc3c2c(C2CCC2)nn3-c2ccnc(OC)c2)CC1. The van der Waals surface area contributed by atoms with E-state index in [4.69, 9.17) is 14.6 Å². The molecule has 1 N–H and O–H groups in total. The van der Waals surface area contributed by atoms with E-state index in [1.807, 2.05) is 0 Å². The first kappa shape index (κ1) is 25.4. The van der Waals surface area contributed by atoms with Gasteiger partial charge in [0.05, 0.1) is 35.8 Å². The molecule has 5 rings (SSSR count). The van der Waals surface area contributed by atoms with E-state index in [1.165, 1.54) is 0 Å². The molecule has 1 aliphatic carbocycles. The highest BCUT2D eigenvalue weighted by molar-refractivity contribution is 7.89. The average molecular weight is 529 g/mol. The number of methoxy groups -OCH3 is 2. The number of carbonyl (C=O) groups is 1. The number of hydrogen-bond donors (Lipinski definition) is 1. The van der Waals surface area contributed by atoms with Gasteiger partial charge in [-0.2, -0.15) is 5.10 Å². The Kier molecular flexibility index (Phi) is 7.04. The average Bonchev–Trinajstić information content (AvgIpc) is 3.21. The number of aromatic nitrogens is 4. The molecular weight excluding hydrogens is 496 g/mol. The van der Waals surface area contributed by atoms with Crippen LogP contribution in [-0.4, -0.2) is 74.2 Å². The molecule has 11 nitrogen and oxygen atoms in total. The Labute approximate surface area is 216 Å². The normalized spacial score (nSPS) is 17.1. The van der Waals surface area contributed by atoms with Gasteiger partial charge in [0.1, 0.15) is 5.69 Å². The zero-order valence-electron chi connectivity index (χ0n) is 21.3. The predicted molar refractivity (Wildman–Crippen MR) is 139 cm³/mol. The molecule has 198 valence electrons. The molecule has 37 heavy (non-hydrogen) atoms. The van der Waals surface area contributed by atoms with Crippen LogP contribution < -0.4 is 14.4 Å². The Bertz CT molecular complexity index is 1410. The number of carbonyl (C=O) groups excluding carboxylic acids is 1. The van der Waals surface area contributed by atoms with Crippen LogP contribution in [0.5, 0.6) is 5.88 Å². The monoisotopic (exact) mass is 528 g/mol. The van der Waals surface area contributed by atoms with Crippen molar-refractivity contribution >= 4 is 32.7 Å². The first-order valence-electron chi connectivity index (χ1n) is 12.5. The van der Waals surface area contributed by atoms with Crippen molar-refractivity contribution in [2.45, 2.75) is 38.0 Å². The molecule has 1 saturated heterocycles. The van der Waals surface area contributed by atoms with Crippen molar-refractivity contribution in [1.29, 1.82) is 0 Å². The van der Waals surface area contributed by atoms with Crippen LogP contribution in [0.25, 0.3) is 16.7 Å². The van der Waals surface area contributed by atoms with Crippen molar-refractivity contribution in [2.24, 2.45) is 5.92 Å². The maximum Gasteiger partial charge on any atom is 0.283 e. The van der Waals surface area contributed by atoms with Crippen molar-refractivity contribution in [1.82, 2.24) is 24.5 Å². The maximum absolute atomic E-state index is 13.0. The fourth-order valence-corrected chi connectivity index (χ4v) is 5.52. The predicted octanol–water partition coefficient (Wildman–Crippen LogP) is 2.64. The number of pyridine rings is 2. The number of ether oxygens (including phenoxy) is 2. The zero-order valence-corrected chi connectivity index (χ0v) is 22.1. The van der Waals surface area contributed by atoms with Crippen LogP contribution in [0.3, 0.4) is 0 Å². The Balaban J connectivity index is 1.69. The molecule has 4 heterocycles. The molecule has 1 aliphatic heterocycles. The Morgan fingerprint density at radius 1 is 1.16 bits per heavy atom. The van der Waals surface area contributed by atoms with Gasteiger partial charge in [0.25, 0.3) is 5.91 Å². The van der Waals surface area contributed by atoms with Gasteiger partial charge in [-0.05, 0) is 43.7 Å². The third kappa shape index (κ3) is 5.26. The van der Waals surface area contributed by atoms with Crippen molar-refractivity contribution in [3.63, 3.8) is 0 Å². The van der Waals surface area contributed by atoms with Crippen molar-refractivity contribution in [3.05, 3.63) is 35.8 Å². The summed E-state index contributed by atoms with van der Waals surface area (Å²) in [6, 6.07) is 5.28. The number of nitrogens with one attached hydrogen (secondary N) is 1. The smallest absolute Gasteiger partial charge is 0.283 e. The third-order valence-corrected chi connectivity index (χ3v) is 7.73. The number of rotatable bonds is 8. The van der Waals surface area contributed by atoms with E-state index in [2.05, 4.69) is 19.6 Å². The molecule has 0 unspecified atom stereocenters. The van der Waals surface area contributed by atoms with Crippen LogP contribution in [0.1, 0.15) is 54.2 Å². The van der Waals surface area contributed by atoms with Crippen LogP contribution in [0.2, 0.25) is 0 Å². The summed E-state index contributed by atoms with van der Waals surface area (Å²) in [7, 11) is -0.498. The van der Waals surface area contributed by atoms with Gasteiger partial charge in [-0.25, -0.2) is 27.8 Å². The number of amides is 1. The summed E-state index contributed by atoms with van der Waals surface area (Å²) in [6.45, 7) is 2.30. The summed E-state index contributed by atoms with van der Waals surface area (Å²) in [4.78, 5) is 24.1. The highest BCUT2D eigenvalue weighted by atomic mass is 32.2. The Hall–Kier alpha value is -3.25. The molecule has 3 aromatic heterocycles. The molecule has 2 aliphatic rings. The largest absolute Gasteiger partial charge is 0.481 e. The summed E-state index contributed by atoms with van der Waals surface area (Å²) in [5.74, 6) is 0.433.